The van der Waals surface area contributed by atoms with Crippen LogP contribution in [-0.2, 0) is 6.42 Å². The van der Waals surface area contributed by atoms with Crippen molar-refractivity contribution in [3.8, 4) is 5.75 Å². The summed E-state index contributed by atoms with van der Waals surface area (Å²) in [6.45, 7) is 7.15. The van der Waals surface area contributed by atoms with E-state index in [0.29, 0.717) is 0 Å². The van der Waals surface area contributed by atoms with Crippen molar-refractivity contribution in [2.75, 3.05) is 13.7 Å². The molecule has 1 atom stereocenters. The quantitative estimate of drug-likeness (QED) is 0.868. The third kappa shape index (κ3) is 3.05. The summed E-state index contributed by atoms with van der Waals surface area (Å²) in [5, 5.41) is 3.48. The molecule has 0 aliphatic carbocycles. The molecule has 3 heteroatoms. The Hall–Kier alpha value is -1.74. The van der Waals surface area contributed by atoms with Gasteiger partial charge in [0, 0.05) is 12.0 Å². The first-order chi connectivity index (χ1) is 9.69. The van der Waals surface area contributed by atoms with E-state index >= 15 is 0 Å². The number of furan rings is 1. The molecule has 3 nitrogen and oxygen atoms in total. The lowest BCUT2D eigenvalue weighted by Gasteiger charge is -2.19. The maximum Gasteiger partial charge on any atom is 0.125 e. The van der Waals surface area contributed by atoms with Gasteiger partial charge in [-0.15, -0.1) is 0 Å². The molecule has 0 saturated heterocycles. The van der Waals surface area contributed by atoms with Crippen molar-refractivity contribution in [3.63, 3.8) is 0 Å². The van der Waals surface area contributed by atoms with Crippen molar-refractivity contribution >= 4 is 0 Å². The van der Waals surface area contributed by atoms with Crippen LogP contribution < -0.4 is 10.1 Å². The van der Waals surface area contributed by atoms with E-state index in [4.69, 9.17) is 9.15 Å². The molecule has 1 N–H and O–H groups in total. The molecule has 0 aliphatic heterocycles. The fraction of sp³-hybridized carbons (Fsp3) is 0.412. The lowest BCUT2D eigenvalue weighted by Crippen LogP contribution is -2.22. The molecule has 20 heavy (non-hydrogen) atoms. The summed E-state index contributed by atoms with van der Waals surface area (Å²) in [5.41, 5.74) is 2.33. The van der Waals surface area contributed by atoms with Gasteiger partial charge in [0.2, 0.25) is 0 Å². The van der Waals surface area contributed by atoms with Gasteiger partial charge in [-0.3, -0.25) is 0 Å². The monoisotopic (exact) mass is 273 g/mol. The molecule has 0 radical (unpaired) electrons. The van der Waals surface area contributed by atoms with Gasteiger partial charge in [-0.2, -0.15) is 0 Å². The average Bonchev–Trinajstić information content (AvgIpc) is 2.93. The molecule has 0 saturated carbocycles. The van der Waals surface area contributed by atoms with Crippen molar-refractivity contribution in [1.29, 1.82) is 0 Å². The van der Waals surface area contributed by atoms with Crippen LogP contribution in [0.4, 0.5) is 0 Å². The third-order valence-electron chi connectivity index (χ3n) is 3.42. The minimum absolute atomic E-state index is 0.0233. The Morgan fingerprint density at radius 1 is 1.20 bits per heavy atom. The molecule has 0 aliphatic rings. The highest BCUT2D eigenvalue weighted by Crippen LogP contribution is 2.31. The normalized spacial score (nSPS) is 12.4. The largest absolute Gasteiger partial charge is 0.496 e. The topological polar surface area (TPSA) is 34.4 Å². The van der Waals surface area contributed by atoms with Crippen LogP contribution in [0, 0.1) is 6.92 Å². The zero-order valence-corrected chi connectivity index (χ0v) is 12.7. The number of nitrogens with one attached hydrogen (secondary N) is 1. The molecule has 108 valence electrons. The predicted molar refractivity (Wildman–Crippen MR) is 81.3 cm³/mol. The highest BCUT2D eigenvalue weighted by Gasteiger charge is 2.20. The van der Waals surface area contributed by atoms with Gasteiger partial charge in [-0.1, -0.05) is 31.5 Å². The summed E-state index contributed by atoms with van der Waals surface area (Å²) in [6.07, 6.45) is 0.907. The molecule has 1 aromatic carbocycles. The molecular formula is C17H23NO2. The van der Waals surface area contributed by atoms with Crippen molar-refractivity contribution in [2.45, 2.75) is 33.2 Å². The maximum absolute atomic E-state index is 5.92. The van der Waals surface area contributed by atoms with Crippen LogP contribution >= 0.6 is 0 Å². The highest BCUT2D eigenvalue weighted by molar-refractivity contribution is 5.42. The Kier molecular flexibility index (Phi) is 4.85. The average molecular weight is 273 g/mol. The van der Waals surface area contributed by atoms with Crippen LogP contribution in [0.2, 0.25) is 0 Å². The Balaban J connectivity index is 2.44. The number of hydrogen-bond donors (Lipinski definition) is 1. The zero-order chi connectivity index (χ0) is 14.5. The fourth-order valence-corrected chi connectivity index (χ4v) is 2.39. The van der Waals surface area contributed by atoms with Crippen molar-refractivity contribution in [1.82, 2.24) is 5.32 Å². The molecule has 2 aromatic rings. The van der Waals surface area contributed by atoms with Gasteiger partial charge in [0.1, 0.15) is 17.3 Å². The lowest BCUT2D eigenvalue weighted by molar-refractivity contribution is 0.388. The number of benzene rings is 1. The molecule has 0 fully saturated rings. The van der Waals surface area contributed by atoms with Crippen LogP contribution in [0.3, 0.4) is 0 Å². The minimum atomic E-state index is 0.0233. The SMILES string of the molecule is CCNC(c1ccc(CC)o1)c1cc(C)ccc1OC. The summed E-state index contributed by atoms with van der Waals surface area (Å²) < 4.78 is 11.4. The number of methoxy groups -OCH3 is 1. The van der Waals surface area contributed by atoms with Crippen LogP contribution in [0.1, 0.15) is 42.5 Å². The third-order valence-corrected chi connectivity index (χ3v) is 3.42. The molecule has 0 amide bonds. The van der Waals surface area contributed by atoms with E-state index in [1.807, 2.05) is 18.2 Å². The zero-order valence-electron chi connectivity index (χ0n) is 12.7. The molecule has 1 aromatic heterocycles. The van der Waals surface area contributed by atoms with Crippen molar-refractivity contribution < 1.29 is 9.15 Å². The standard InChI is InChI=1S/C17H23NO2/c1-5-13-8-10-16(20-13)17(18-6-2)14-11-12(3)7-9-15(14)19-4/h7-11,17-18H,5-6H2,1-4H3. The Morgan fingerprint density at radius 2 is 2.00 bits per heavy atom. The number of ether oxygens (including phenoxy) is 1. The summed E-state index contributed by atoms with van der Waals surface area (Å²) in [7, 11) is 1.71. The van der Waals surface area contributed by atoms with Gasteiger partial charge >= 0.3 is 0 Å². The molecule has 1 heterocycles. The van der Waals surface area contributed by atoms with Gasteiger partial charge in [-0.05, 0) is 31.7 Å². The molecule has 2 rings (SSSR count). The van der Waals surface area contributed by atoms with Gasteiger partial charge < -0.3 is 14.5 Å². The van der Waals surface area contributed by atoms with Crippen molar-refractivity contribution in [3.05, 3.63) is 53.0 Å². The maximum atomic E-state index is 5.92. The van der Waals surface area contributed by atoms with E-state index in [-0.39, 0.29) is 6.04 Å². The van der Waals surface area contributed by atoms with E-state index in [9.17, 15) is 0 Å². The van der Waals surface area contributed by atoms with Crippen LogP contribution in [0.25, 0.3) is 0 Å². The van der Waals surface area contributed by atoms with Gasteiger partial charge in [-0.25, -0.2) is 0 Å². The Bertz CT molecular complexity index is 560. The number of rotatable bonds is 6. The van der Waals surface area contributed by atoms with Gasteiger partial charge in [0.25, 0.3) is 0 Å². The molecule has 1 unspecified atom stereocenters. The van der Waals surface area contributed by atoms with Gasteiger partial charge in [0.05, 0.1) is 13.2 Å². The first kappa shape index (κ1) is 14.7. The number of hydrogen-bond acceptors (Lipinski definition) is 3. The molecule has 0 bridgehead atoms. The fourth-order valence-electron chi connectivity index (χ4n) is 2.39. The Labute approximate surface area is 121 Å². The first-order valence-corrected chi connectivity index (χ1v) is 7.16. The van der Waals surface area contributed by atoms with E-state index in [1.54, 1.807) is 7.11 Å². The predicted octanol–water partition coefficient (Wildman–Crippen LogP) is 3.86. The highest BCUT2D eigenvalue weighted by atomic mass is 16.5. The second-order valence-electron chi connectivity index (χ2n) is 4.89. The van der Waals surface area contributed by atoms with E-state index < -0.39 is 0 Å². The summed E-state index contributed by atoms with van der Waals surface area (Å²) in [5.74, 6) is 2.83. The lowest BCUT2D eigenvalue weighted by atomic mass is 10.0. The van der Waals surface area contributed by atoms with Gasteiger partial charge in [0.15, 0.2) is 0 Å². The molecular weight excluding hydrogens is 250 g/mol. The smallest absolute Gasteiger partial charge is 0.125 e. The first-order valence-electron chi connectivity index (χ1n) is 7.16. The minimum Gasteiger partial charge on any atom is -0.496 e. The second kappa shape index (κ2) is 6.62. The Morgan fingerprint density at radius 3 is 2.60 bits per heavy atom. The van der Waals surface area contributed by atoms with Crippen LogP contribution in [0.5, 0.6) is 5.75 Å². The summed E-state index contributed by atoms with van der Waals surface area (Å²) in [4.78, 5) is 0. The van der Waals surface area contributed by atoms with Crippen molar-refractivity contribution in [2.24, 2.45) is 0 Å². The summed E-state index contributed by atoms with van der Waals surface area (Å²) >= 11 is 0. The van der Waals surface area contributed by atoms with Crippen LogP contribution in [0.15, 0.2) is 34.7 Å². The van der Waals surface area contributed by atoms with E-state index in [0.717, 1.165) is 35.8 Å². The van der Waals surface area contributed by atoms with E-state index in [1.165, 1.54) is 5.56 Å². The second-order valence-corrected chi connectivity index (χ2v) is 4.89. The molecule has 0 spiro atoms. The summed E-state index contributed by atoms with van der Waals surface area (Å²) in [6, 6.07) is 10.3. The van der Waals surface area contributed by atoms with E-state index in [2.05, 4.69) is 38.2 Å². The number of aryl methyl sites for hydroxylation is 2. The van der Waals surface area contributed by atoms with Crippen LogP contribution in [-0.4, -0.2) is 13.7 Å².